The average Bonchev–Trinajstić information content (AvgIpc) is 2.39. The summed E-state index contributed by atoms with van der Waals surface area (Å²) in [6, 6.07) is 6.04. The lowest BCUT2D eigenvalue weighted by Gasteiger charge is -2.22. The number of carbonyl (C=O) groups excluding carboxylic acids is 1. The second-order valence-electron chi connectivity index (χ2n) is 3.63. The van der Waals surface area contributed by atoms with Crippen LogP contribution >= 0.6 is 23.8 Å². The molecule has 0 aliphatic heterocycles. The third kappa shape index (κ3) is 3.05. The van der Waals surface area contributed by atoms with E-state index in [1.54, 1.807) is 0 Å². The average molecular weight is 270 g/mol. The Morgan fingerprint density at radius 2 is 1.88 bits per heavy atom. The van der Waals surface area contributed by atoms with E-state index < -0.39 is 0 Å². The van der Waals surface area contributed by atoms with Crippen molar-refractivity contribution in [3.63, 3.8) is 0 Å². The highest BCUT2D eigenvalue weighted by Gasteiger charge is 2.17. The highest BCUT2D eigenvalue weighted by atomic mass is 35.5. The summed E-state index contributed by atoms with van der Waals surface area (Å²) in [5.74, 6) is -0.244. The minimum atomic E-state index is -0.183. The second kappa shape index (κ2) is 6.72. The summed E-state index contributed by atoms with van der Waals surface area (Å²) in [6.07, 6.45) is 1.72. The Hall–Kier alpha value is -0.930. The van der Waals surface area contributed by atoms with Gasteiger partial charge in [-0.2, -0.15) is 0 Å². The van der Waals surface area contributed by atoms with Gasteiger partial charge in [-0.15, -0.1) is 11.6 Å². The zero-order chi connectivity index (χ0) is 12.8. The highest BCUT2D eigenvalue weighted by molar-refractivity contribution is 7.79. The normalized spacial score (nSPS) is 10.1. The minimum absolute atomic E-state index is 0.0612. The molecule has 17 heavy (non-hydrogen) atoms. The fourth-order valence-corrected chi connectivity index (χ4v) is 2.18. The van der Waals surface area contributed by atoms with E-state index in [1.807, 2.05) is 18.2 Å². The molecule has 1 aromatic rings. The Morgan fingerprint density at radius 1 is 1.35 bits per heavy atom. The number of halogens is 1. The van der Waals surface area contributed by atoms with E-state index in [-0.39, 0.29) is 11.8 Å². The molecule has 0 N–H and O–H groups in total. The topological polar surface area (TPSA) is 20.3 Å². The van der Waals surface area contributed by atoms with Gasteiger partial charge in [0.05, 0.1) is 11.2 Å². The van der Waals surface area contributed by atoms with Gasteiger partial charge in [0, 0.05) is 0 Å². The number of hydrogen-bond donors (Lipinski definition) is 0. The number of amides is 1. The first kappa shape index (κ1) is 14.1. The van der Waals surface area contributed by atoms with E-state index in [2.05, 4.69) is 13.8 Å². The maximum atomic E-state index is 11.8. The molecule has 0 unspecified atom stereocenters. The first-order chi connectivity index (χ1) is 8.19. The molecule has 0 atom stereocenters. The van der Waals surface area contributed by atoms with E-state index >= 15 is 0 Å². The molecule has 0 saturated heterocycles. The molecule has 0 heterocycles. The molecule has 0 spiro atoms. The number of carbonyl (C=O) groups is 1. The number of hydrogen-bond acceptors (Lipinski definition) is 2. The molecule has 0 saturated carbocycles. The number of para-hydroxylation sites is 1. The van der Waals surface area contributed by atoms with Crippen LogP contribution in [0.3, 0.4) is 0 Å². The van der Waals surface area contributed by atoms with Gasteiger partial charge in [-0.3, -0.25) is 9.69 Å². The van der Waals surface area contributed by atoms with Crippen molar-refractivity contribution in [2.45, 2.75) is 26.7 Å². The van der Waals surface area contributed by atoms with E-state index in [4.69, 9.17) is 23.8 Å². The monoisotopic (exact) mass is 269 g/mol. The summed E-state index contributed by atoms with van der Waals surface area (Å²) in [7, 11) is 0. The van der Waals surface area contributed by atoms with Crippen LogP contribution < -0.4 is 4.90 Å². The molecule has 1 aromatic carbocycles. The SMILES string of the molecule is CCc1cccc(CC)c1N(C=S)C(=O)CCl. The van der Waals surface area contributed by atoms with Crippen molar-refractivity contribution in [2.75, 3.05) is 10.8 Å². The van der Waals surface area contributed by atoms with Gasteiger partial charge < -0.3 is 0 Å². The zero-order valence-corrected chi connectivity index (χ0v) is 11.6. The van der Waals surface area contributed by atoms with Crippen molar-refractivity contribution in [3.8, 4) is 0 Å². The lowest BCUT2D eigenvalue weighted by molar-refractivity contribution is -0.115. The Bertz CT molecular complexity index is 398. The standard InChI is InChI=1S/C13H16ClNOS/c1-3-10-6-5-7-11(4-2)13(10)15(9-17)12(16)8-14/h5-7,9H,3-4,8H2,1-2H3. The van der Waals surface area contributed by atoms with Gasteiger partial charge in [0.15, 0.2) is 0 Å². The number of thiocarbonyl (C=S) groups is 1. The number of aryl methyl sites for hydroxylation is 2. The Kier molecular flexibility index (Phi) is 5.59. The summed E-state index contributed by atoms with van der Waals surface area (Å²) in [4.78, 5) is 13.3. The van der Waals surface area contributed by atoms with Gasteiger partial charge in [-0.1, -0.05) is 44.3 Å². The lowest BCUT2D eigenvalue weighted by atomic mass is 10.0. The third-order valence-electron chi connectivity index (χ3n) is 2.69. The third-order valence-corrected chi connectivity index (χ3v) is 3.13. The fraction of sp³-hybridized carbons (Fsp3) is 0.385. The molecule has 1 rings (SSSR count). The Morgan fingerprint density at radius 3 is 2.24 bits per heavy atom. The van der Waals surface area contributed by atoms with Crippen LogP contribution in [0.1, 0.15) is 25.0 Å². The number of rotatable bonds is 5. The van der Waals surface area contributed by atoms with E-state index in [0.29, 0.717) is 0 Å². The van der Waals surface area contributed by atoms with Crippen LogP contribution in [0.25, 0.3) is 0 Å². The molecule has 1 amide bonds. The van der Waals surface area contributed by atoms with Crippen molar-refractivity contribution in [2.24, 2.45) is 0 Å². The molecule has 92 valence electrons. The number of nitrogens with zero attached hydrogens (tertiary/aromatic N) is 1. The predicted octanol–water partition coefficient (Wildman–Crippen LogP) is 3.34. The molecule has 0 bridgehead atoms. The second-order valence-corrected chi connectivity index (χ2v) is 4.11. The highest BCUT2D eigenvalue weighted by Crippen LogP contribution is 2.26. The summed E-state index contributed by atoms with van der Waals surface area (Å²) in [5, 5.41) is 0. The van der Waals surface area contributed by atoms with Crippen LogP contribution in [0, 0.1) is 0 Å². The molecular weight excluding hydrogens is 254 g/mol. The van der Waals surface area contributed by atoms with Crippen LogP contribution in [0.4, 0.5) is 5.69 Å². The molecule has 0 fully saturated rings. The van der Waals surface area contributed by atoms with Crippen molar-refractivity contribution in [1.82, 2.24) is 0 Å². The van der Waals surface area contributed by atoms with E-state index in [1.165, 1.54) is 10.4 Å². The van der Waals surface area contributed by atoms with Gasteiger partial charge >= 0.3 is 0 Å². The van der Waals surface area contributed by atoms with Crippen LogP contribution in [-0.4, -0.2) is 17.3 Å². The maximum absolute atomic E-state index is 11.8. The summed E-state index contributed by atoms with van der Waals surface area (Å²) >= 11 is 10.5. The van der Waals surface area contributed by atoms with Crippen LogP contribution in [0.5, 0.6) is 0 Å². The molecule has 0 aromatic heterocycles. The Labute approximate surface area is 113 Å². The van der Waals surface area contributed by atoms with Gasteiger partial charge in [-0.25, -0.2) is 0 Å². The predicted molar refractivity (Wildman–Crippen MR) is 77.1 cm³/mol. The van der Waals surface area contributed by atoms with Crippen molar-refractivity contribution < 1.29 is 4.79 Å². The van der Waals surface area contributed by atoms with E-state index in [9.17, 15) is 4.79 Å². The molecular formula is C13H16ClNOS. The van der Waals surface area contributed by atoms with Crippen molar-refractivity contribution in [3.05, 3.63) is 29.3 Å². The molecule has 0 aliphatic rings. The van der Waals surface area contributed by atoms with Gasteiger partial charge in [0.1, 0.15) is 5.88 Å². The van der Waals surface area contributed by atoms with Gasteiger partial charge in [0.2, 0.25) is 5.91 Å². The smallest absolute Gasteiger partial charge is 0.246 e. The van der Waals surface area contributed by atoms with Gasteiger partial charge in [0.25, 0.3) is 0 Å². The molecule has 2 nitrogen and oxygen atoms in total. The van der Waals surface area contributed by atoms with Crippen LogP contribution in [-0.2, 0) is 17.6 Å². The zero-order valence-electron chi connectivity index (χ0n) is 10.1. The van der Waals surface area contributed by atoms with Crippen molar-refractivity contribution in [1.29, 1.82) is 0 Å². The van der Waals surface area contributed by atoms with Crippen LogP contribution in [0.15, 0.2) is 18.2 Å². The largest absolute Gasteiger partial charge is 0.276 e. The number of anilines is 1. The summed E-state index contributed by atoms with van der Waals surface area (Å²) in [5.41, 5.74) is 4.50. The first-order valence-electron chi connectivity index (χ1n) is 5.63. The summed E-state index contributed by atoms with van der Waals surface area (Å²) < 4.78 is 0. The number of benzene rings is 1. The van der Waals surface area contributed by atoms with Gasteiger partial charge in [-0.05, 0) is 24.0 Å². The van der Waals surface area contributed by atoms with E-state index in [0.717, 1.165) is 29.7 Å². The fourth-order valence-electron chi connectivity index (χ4n) is 1.83. The number of alkyl halides is 1. The molecule has 0 aliphatic carbocycles. The molecule has 4 heteroatoms. The molecule has 0 radical (unpaired) electrons. The lowest BCUT2D eigenvalue weighted by Crippen LogP contribution is -2.31. The first-order valence-corrected chi connectivity index (χ1v) is 6.64. The Balaban J connectivity index is 3.34. The van der Waals surface area contributed by atoms with Crippen molar-refractivity contribution >= 4 is 40.9 Å². The minimum Gasteiger partial charge on any atom is -0.276 e. The van der Waals surface area contributed by atoms with Crippen LogP contribution in [0.2, 0.25) is 0 Å². The summed E-state index contributed by atoms with van der Waals surface area (Å²) in [6.45, 7) is 4.12. The quantitative estimate of drug-likeness (QED) is 0.604. The maximum Gasteiger partial charge on any atom is 0.246 e.